The lowest BCUT2D eigenvalue weighted by molar-refractivity contribution is 0.0953. The third-order valence-electron chi connectivity index (χ3n) is 7.49. The average Bonchev–Trinajstić information content (AvgIpc) is 3.32. The summed E-state index contributed by atoms with van der Waals surface area (Å²) in [5, 5.41) is 10.4. The van der Waals surface area contributed by atoms with E-state index in [1.54, 1.807) is 6.20 Å². The molecule has 30 heavy (non-hydrogen) atoms. The quantitative estimate of drug-likeness (QED) is 0.510. The van der Waals surface area contributed by atoms with E-state index in [0.717, 1.165) is 54.1 Å². The summed E-state index contributed by atoms with van der Waals surface area (Å²) < 4.78 is 5.18. The van der Waals surface area contributed by atoms with E-state index in [1.807, 2.05) is 26.0 Å². The Labute approximate surface area is 177 Å². The fourth-order valence-electron chi connectivity index (χ4n) is 5.65. The van der Waals surface area contributed by atoms with Crippen molar-refractivity contribution in [2.24, 2.45) is 23.2 Å². The van der Waals surface area contributed by atoms with Gasteiger partial charge in [-0.05, 0) is 81.3 Å². The molecule has 0 aromatic carbocycles. The standard InChI is InChI=1S/C24H30N4O2/c1-15-20(16(2)30-28-15)4-3-11-25-23(29)17-5-8-22(26-13-17)27-14-18-12-19-6-7-21(18)24(19)9-10-24/h5-8,13,18-19,21H,3-4,9-12,14H2,1-2H3,(H,25,29)(H,26,27)/t18-,19-,21-/m1/s1. The Kier molecular flexibility index (Phi) is 4.88. The van der Waals surface area contributed by atoms with E-state index in [4.69, 9.17) is 4.52 Å². The van der Waals surface area contributed by atoms with Gasteiger partial charge in [-0.25, -0.2) is 4.98 Å². The number of carbonyl (C=O) groups is 1. The molecule has 6 heteroatoms. The van der Waals surface area contributed by atoms with Gasteiger partial charge in [0.1, 0.15) is 11.6 Å². The van der Waals surface area contributed by atoms with Crippen LogP contribution in [0.5, 0.6) is 0 Å². The maximum Gasteiger partial charge on any atom is 0.252 e. The zero-order valence-electron chi connectivity index (χ0n) is 17.8. The van der Waals surface area contributed by atoms with Crippen molar-refractivity contribution in [3.8, 4) is 0 Å². The highest BCUT2D eigenvalue weighted by atomic mass is 16.5. The van der Waals surface area contributed by atoms with Gasteiger partial charge in [-0.2, -0.15) is 0 Å². The largest absolute Gasteiger partial charge is 0.370 e. The van der Waals surface area contributed by atoms with Gasteiger partial charge in [0.05, 0.1) is 11.3 Å². The van der Waals surface area contributed by atoms with Crippen molar-refractivity contribution in [3.05, 3.63) is 53.1 Å². The number of nitrogens with one attached hydrogen (secondary N) is 2. The Hall–Kier alpha value is -2.63. The van der Waals surface area contributed by atoms with Crippen LogP contribution in [0.4, 0.5) is 5.82 Å². The third kappa shape index (κ3) is 3.42. The van der Waals surface area contributed by atoms with Crippen LogP contribution in [0.2, 0.25) is 0 Å². The van der Waals surface area contributed by atoms with Crippen molar-refractivity contribution in [1.29, 1.82) is 0 Å². The molecule has 3 aliphatic rings. The number of pyridine rings is 1. The normalized spacial score (nSPS) is 25.1. The van der Waals surface area contributed by atoms with Crippen molar-refractivity contribution >= 4 is 11.7 Å². The average molecular weight is 407 g/mol. The van der Waals surface area contributed by atoms with Crippen LogP contribution in [0, 0.1) is 37.0 Å². The van der Waals surface area contributed by atoms with E-state index in [0.29, 0.717) is 23.4 Å². The molecule has 2 heterocycles. The zero-order valence-corrected chi connectivity index (χ0v) is 17.8. The molecular formula is C24H30N4O2. The molecule has 3 aliphatic carbocycles. The van der Waals surface area contributed by atoms with E-state index >= 15 is 0 Å². The van der Waals surface area contributed by atoms with E-state index in [9.17, 15) is 4.79 Å². The summed E-state index contributed by atoms with van der Waals surface area (Å²) in [5.41, 5.74) is 3.30. The first-order valence-electron chi connectivity index (χ1n) is 11.1. The van der Waals surface area contributed by atoms with Crippen molar-refractivity contribution in [1.82, 2.24) is 15.5 Å². The van der Waals surface area contributed by atoms with Crippen LogP contribution in [0.3, 0.4) is 0 Å². The molecule has 2 N–H and O–H groups in total. The molecule has 1 amide bonds. The molecule has 0 unspecified atom stereocenters. The summed E-state index contributed by atoms with van der Waals surface area (Å²) >= 11 is 0. The van der Waals surface area contributed by atoms with Gasteiger partial charge < -0.3 is 15.2 Å². The predicted octanol–water partition coefficient (Wildman–Crippen LogP) is 4.06. The van der Waals surface area contributed by atoms with Gasteiger partial charge in [0, 0.05) is 24.8 Å². The van der Waals surface area contributed by atoms with E-state index in [1.165, 1.54) is 19.3 Å². The smallest absolute Gasteiger partial charge is 0.252 e. The monoisotopic (exact) mass is 406 g/mol. The summed E-state index contributed by atoms with van der Waals surface area (Å²) in [6.07, 6.45) is 12.4. The second kappa shape index (κ2) is 7.56. The van der Waals surface area contributed by atoms with Gasteiger partial charge in [0.2, 0.25) is 0 Å². The first-order valence-corrected chi connectivity index (χ1v) is 11.1. The third-order valence-corrected chi connectivity index (χ3v) is 7.49. The predicted molar refractivity (Wildman–Crippen MR) is 115 cm³/mol. The molecular weight excluding hydrogens is 376 g/mol. The summed E-state index contributed by atoms with van der Waals surface area (Å²) in [4.78, 5) is 16.8. The first kappa shape index (κ1) is 19.3. The van der Waals surface area contributed by atoms with Crippen LogP contribution in [0.1, 0.15) is 53.1 Å². The highest BCUT2D eigenvalue weighted by molar-refractivity contribution is 5.94. The number of nitrogens with zero attached hydrogens (tertiary/aromatic N) is 2. The van der Waals surface area contributed by atoms with E-state index in [2.05, 4.69) is 32.9 Å². The highest BCUT2D eigenvalue weighted by Gasteiger charge is 2.62. The molecule has 158 valence electrons. The minimum Gasteiger partial charge on any atom is -0.370 e. The lowest BCUT2D eigenvalue weighted by Gasteiger charge is -2.20. The van der Waals surface area contributed by atoms with Gasteiger partial charge in [-0.1, -0.05) is 17.3 Å². The van der Waals surface area contributed by atoms with Crippen molar-refractivity contribution in [2.45, 2.75) is 46.0 Å². The topological polar surface area (TPSA) is 80.0 Å². The number of hydrogen-bond donors (Lipinski definition) is 2. The molecule has 2 aromatic rings. The van der Waals surface area contributed by atoms with E-state index in [-0.39, 0.29) is 5.91 Å². The van der Waals surface area contributed by atoms with Crippen LogP contribution in [-0.2, 0) is 6.42 Å². The number of allylic oxidation sites excluding steroid dienone is 2. The maximum absolute atomic E-state index is 12.4. The fourth-order valence-corrected chi connectivity index (χ4v) is 5.65. The molecule has 0 saturated heterocycles. The van der Waals surface area contributed by atoms with Crippen LogP contribution < -0.4 is 10.6 Å². The lowest BCUT2D eigenvalue weighted by atomic mass is 9.89. The number of carbonyl (C=O) groups excluding carboxylic acids is 1. The van der Waals surface area contributed by atoms with E-state index < -0.39 is 0 Å². The Balaban J connectivity index is 1.07. The Morgan fingerprint density at radius 3 is 2.80 bits per heavy atom. The molecule has 2 bridgehead atoms. The van der Waals surface area contributed by atoms with Crippen molar-refractivity contribution in [2.75, 3.05) is 18.4 Å². The number of amides is 1. The lowest BCUT2D eigenvalue weighted by Crippen LogP contribution is -2.25. The first-order chi connectivity index (χ1) is 14.6. The number of aromatic nitrogens is 2. The van der Waals surface area contributed by atoms with Crippen LogP contribution in [0.25, 0.3) is 0 Å². The molecule has 1 spiro atoms. The molecule has 5 rings (SSSR count). The second-order valence-corrected chi connectivity index (χ2v) is 9.22. The SMILES string of the molecule is Cc1noc(C)c1CCCNC(=O)c1ccc(NC[C@H]2C[C@H]3C=C[C@H]2C32CC2)nc1. The van der Waals surface area contributed by atoms with Gasteiger partial charge in [-0.15, -0.1) is 0 Å². The molecule has 2 fully saturated rings. The summed E-state index contributed by atoms with van der Waals surface area (Å²) in [6, 6.07) is 3.76. The summed E-state index contributed by atoms with van der Waals surface area (Å²) in [6.45, 7) is 5.45. The zero-order chi connectivity index (χ0) is 20.7. The van der Waals surface area contributed by atoms with Crippen LogP contribution in [0.15, 0.2) is 35.0 Å². The van der Waals surface area contributed by atoms with Gasteiger partial charge in [0.25, 0.3) is 5.91 Å². The molecule has 0 radical (unpaired) electrons. The minimum absolute atomic E-state index is 0.0817. The Bertz CT molecular complexity index is 939. The van der Waals surface area contributed by atoms with Gasteiger partial charge in [-0.3, -0.25) is 4.79 Å². The molecule has 6 nitrogen and oxygen atoms in total. The van der Waals surface area contributed by atoms with Crippen molar-refractivity contribution in [3.63, 3.8) is 0 Å². The minimum atomic E-state index is -0.0817. The van der Waals surface area contributed by atoms with Gasteiger partial charge in [0.15, 0.2) is 0 Å². The number of anilines is 1. The maximum atomic E-state index is 12.4. The Morgan fingerprint density at radius 1 is 1.27 bits per heavy atom. The van der Waals surface area contributed by atoms with Crippen LogP contribution in [-0.4, -0.2) is 29.1 Å². The number of aryl methyl sites for hydroxylation is 2. The number of rotatable bonds is 8. The molecule has 2 saturated carbocycles. The highest BCUT2D eigenvalue weighted by Crippen LogP contribution is 2.70. The molecule has 2 aromatic heterocycles. The second-order valence-electron chi connectivity index (χ2n) is 9.22. The molecule has 3 atom stereocenters. The summed E-state index contributed by atoms with van der Waals surface area (Å²) in [7, 11) is 0. The molecule has 0 aliphatic heterocycles. The summed E-state index contributed by atoms with van der Waals surface area (Å²) in [5.74, 6) is 3.91. The van der Waals surface area contributed by atoms with Crippen molar-refractivity contribution < 1.29 is 9.32 Å². The number of hydrogen-bond acceptors (Lipinski definition) is 5. The fraction of sp³-hybridized carbons (Fsp3) is 0.542. The van der Waals surface area contributed by atoms with Crippen LogP contribution >= 0.6 is 0 Å². The Morgan fingerprint density at radius 2 is 2.13 bits per heavy atom. The van der Waals surface area contributed by atoms with Gasteiger partial charge >= 0.3 is 0 Å².